The molecular weight excluding hydrogens is 383 g/mol. The van der Waals surface area contributed by atoms with Gasteiger partial charge in [0.15, 0.2) is 0 Å². The molecule has 1 N–H and O–H groups in total. The number of benzene rings is 1. The molecule has 1 aromatic heterocycles. The second kappa shape index (κ2) is 6.96. The number of β-amino-alcohol motifs (C(OH)–C–C–N with tert-alkyl or cyclic N) is 1. The van der Waals surface area contributed by atoms with Crippen LogP contribution in [-0.2, 0) is 0 Å². The van der Waals surface area contributed by atoms with Gasteiger partial charge in [0, 0.05) is 44.3 Å². The van der Waals surface area contributed by atoms with E-state index in [-0.39, 0.29) is 12.3 Å². The second-order valence-corrected chi connectivity index (χ2v) is 6.44. The summed E-state index contributed by atoms with van der Waals surface area (Å²) >= 11 is 3.28. The van der Waals surface area contributed by atoms with Gasteiger partial charge >= 0.3 is 0 Å². The molecule has 0 unspecified atom stereocenters. The predicted molar refractivity (Wildman–Crippen MR) is 91.8 cm³/mol. The molecule has 1 fully saturated rings. The lowest BCUT2D eigenvalue weighted by Gasteiger charge is -2.35. The fourth-order valence-electron chi connectivity index (χ4n) is 2.99. The van der Waals surface area contributed by atoms with Crippen LogP contribution in [0.5, 0.6) is 0 Å². The number of piperazine rings is 1. The van der Waals surface area contributed by atoms with E-state index in [4.69, 9.17) is 5.11 Å². The summed E-state index contributed by atoms with van der Waals surface area (Å²) in [6.45, 7) is 3.54. The molecule has 0 aliphatic carbocycles. The number of fused-ring (bicyclic) bond motifs is 1. The highest BCUT2D eigenvalue weighted by Gasteiger charge is 2.24. The van der Waals surface area contributed by atoms with E-state index >= 15 is 0 Å². The minimum Gasteiger partial charge on any atom is -0.395 e. The Hall–Kier alpha value is -1.84. The van der Waals surface area contributed by atoms with Gasteiger partial charge in [0.05, 0.1) is 27.5 Å². The zero-order valence-corrected chi connectivity index (χ0v) is 14.4. The number of aliphatic hydroxyl groups is 1. The Kier molecular flexibility index (Phi) is 4.93. The fourth-order valence-corrected chi connectivity index (χ4v) is 3.51. The van der Waals surface area contributed by atoms with Crippen LogP contribution in [0.4, 0.5) is 15.9 Å². The molecule has 0 amide bonds. The minimum atomic E-state index is -0.658. The average Bonchev–Trinajstić information content (AvgIpc) is 2.55. The summed E-state index contributed by atoms with van der Waals surface area (Å²) in [6.07, 6.45) is 1.52. The van der Waals surface area contributed by atoms with Crippen LogP contribution in [0.15, 0.2) is 22.8 Å². The van der Waals surface area contributed by atoms with Crippen molar-refractivity contribution in [3.05, 3.63) is 38.7 Å². The van der Waals surface area contributed by atoms with Gasteiger partial charge in [-0.05, 0) is 22.0 Å². The largest absolute Gasteiger partial charge is 0.395 e. The SMILES string of the molecule is O=[N+]([O-])c1cc(F)cc2c(N3CCN(CCO)CC3)ncc(Br)c12. The first kappa shape index (κ1) is 17.0. The van der Waals surface area contributed by atoms with Gasteiger partial charge in [0.25, 0.3) is 5.69 Å². The van der Waals surface area contributed by atoms with Crippen LogP contribution in [0, 0.1) is 15.9 Å². The van der Waals surface area contributed by atoms with Crippen LogP contribution in [0.2, 0.25) is 0 Å². The molecule has 7 nitrogen and oxygen atoms in total. The highest BCUT2D eigenvalue weighted by molar-refractivity contribution is 9.10. The van der Waals surface area contributed by atoms with Crippen molar-refractivity contribution in [3.63, 3.8) is 0 Å². The Balaban J connectivity index is 2.04. The number of aliphatic hydroxyl groups excluding tert-OH is 1. The molecule has 3 rings (SSSR count). The number of nitro benzene ring substituents is 1. The van der Waals surface area contributed by atoms with Crippen LogP contribution >= 0.6 is 15.9 Å². The first-order valence-corrected chi connectivity index (χ1v) is 8.31. The lowest BCUT2D eigenvalue weighted by molar-refractivity contribution is -0.383. The number of aromatic nitrogens is 1. The van der Waals surface area contributed by atoms with E-state index in [0.29, 0.717) is 40.7 Å². The maximum atomic E-state index is 13.9. The summed E-state index contributed by atoms with van der Waals surface area (Å²) in [4.78, 5) is 19.2. The molecular formula is C15H16BrFN4O3. The first-order chi connectivity index (χ1) is 11.5. The summed E-state index contributed by atoms with van der Waals surface area (Å²) in [5.41, 5.74) is -0.278. The van der Waals surface area contributed by atoms with Crippen LogP contribution in [0.1, 0.15) is 0 Å². The van der Waals surface area contributed by atoms with Crippen molar-refractivity contribution in [3.8, 4) is 0 Å². The predicted octanol–water partition coefficient (Wildman–Crippen LogP) is 2.16. The summed E-state index contributed by atoms with van der Waals surface area (Å²) in [7, 11) is 0. The third kappa shape index (κ3) is 3.19. The molecule has 0 saturated carbocycles. The zero-order chi connectivity index (χ0) is 17.3. The molecule has 1 aromatic carbocycles. The zero-order valence-electron chi connectivity index (χ0n) is 12.8. The number of non-ortho nitro benzene ring substituents is 1. The molecule has 0 atom stereocenters. The molecule has 9 heteroatoms. The summed E-state index contributed by atoms with van der Waals surface area (Å²) in [5.74, 6) is -0.117. The van der Waals surface area contributed by atoms with Gasteiger partial charge in [-0.15, -0.1) is 0 Å². The number of halogens is 2. The second-order valence-electron chi connectivity index (χ2n) is 5.59. The highest BCUT2D eigenvalue weighted by Crippen LogP contribution is 2.37. The molecule has 1 aliphatic heterocycles. The third-order valence-electron chi connectivity index (χ3n) is 4.15. The smallest absolute Gasteiger partial charge is 0.281 e. The van der Waals surface area contributed by atoms with Crippen LogP contribution in [0.25, 0.3) is 10.8 Å². The third-order valence-corrected chi connectivity index (χ3v) is 4.75. The highest BCUT2D eigenvalue weighted by atomic mass is 79.9. The molecule has 0 spiro atoms. The van der Waals surface area contributed by atoms with E-state index in [1.165, 1.54) is 12.3 Å². The van der Waals surface area contributed by atoms with E-state index in [1.54, 1.807) is 0 Å². The van der Waals surface area contributed by atoms with Crippen molar-refractivity contribution in [2.45, 2.75) is 0 Å². The van der Waals surface area contributed by atoms with Gasteiger partial charge in [-0.2, -0.15) is 0 Å². The lowest BCUT2D eigenvalue weighted by Crippen LogP contribution is -2.47. The van der Waals surface area contributed by atoms with Gasteiger partial charge in [-0.1, -0.05) is 0 Å². The van der Waals surface area contributed by atoms with Gasteiger partial charge in [0.2, 0.25) is 0 Å². The Morgan fingerprint density at radius 3 is 2.67 bits per heavy atom. The number of pyridine rings is 1. The number of hydrogen-bond donors (Lipinski definition) is 1. The van der Waals surface area contributed by atoms with Crippen molar-refractivity contribution in [2.24, 2.45) is 0 Å². The lowest BCUT2D eigenvalue weighted by atomic mass is 10.1. The minimum absolute atomic E-state index is 0.108. The van der Waals surface area contributed by atoms with Gasteiger partial charge in [0.1, 0.15) is 11.6 Å². The maximum absolute atomic E-state index is 13.9. The van der Waals surface area contributed by atoms with Gasteiger partial charge in [-0.3, -0.25) is 15.0 Å². The molecule has 1 aliphatic rings. The van der Waals surface area contributed by atoms with E-state index in [0.717, 1.165) is 19.2 Å². The van der Waals surface area contributed by atoms with Crippen LogP contribution < -0.4 is 4.90 Å². The molecule has 0 bridgehead atoms. The van der Waals surface area contributed by atoms with Gasteiger partial charge < -0.3 is 10.0 Å². The van der Waals surface area contributed by atoms with Crippen molar-refractivity contribution in [1.29, 1.82) is 0 Å². The monoisotopic (exact) mass is 398 g/mol. The van der Waals surface area contributed by atoms with Crippen molar-refractivity contribution in [2.75, 3.05) is 44.2 Å². The Bertz CT molecular complexity index is 781. The molecule has 24 heavy (non-hydrogen) atoms. The first-order valence-electron chi connectivity index (χ1n) is 7.51. The van der Waals surface area contributed by atoms with Crippen LogP contribution in [0.3, 0.4) is 0 Å². The topological polar surface area (TPSA) is 82.7 Å². The Morgan fingerprint density at radius 1 is 1.33 bits per heavy atom. The van der Waals surface area contributed by atoms with Gasteiger partial charge in [-0.25, -0.2) is 9.37 Å². The van der Waals surface area contributed by atoms with Crippen molar-refractivity contribution >= 4 is 38.2 Å². The molecule has 128 valence electrons. The van der Waals surface area contributed by atoms with Crippen molar-refractivity contribution < 1.29 is 14.4 Å². The normalized spacial score (nSPS) is 15.9. The summed E-state index contributed by atoms with van der Waals surface area (Å²) < 4.78 is 14.4. The average molecular weight is 399 g/mol. The standard InChI is InChI=1S/C15H16BrFN4O3/c16-12-9-18-15(20-3-1-19(2-4-20)5-6-22)11-7-10(17)8-13(14(11)12)21(23)24/h7-9,22H,1-6H2. The quantitative estimate of drug-likeness (QED) is 0.627. The Labute approximate surface area is 146 Å². The molecule has 0 radical (unpaired) electrons. The number of nitrogens with zero attached hydrogens (tertiary/aromatic N) is 4. The Morgan fingerprint density at radius 2 is 2.04 bits per heavy atom. The number of hydrogen-bond acceptors (Lipinski definition) is 6. The van der Waals surface area contributed by atoms with Crippen molar-refractivity contribution in [1.82, 2.24) is 9.88 Å². The summed E-state index contributed by atoms with van der Waals surface area (Å²) in [6, 6.07) is 2.21. The van der Waals surface area contributed by atoms with E-state index in [2.05, 4.69) is 25.8 Å². The maximum Gasteiger partial charge on any atom is 0.281 e. The van der Waals surface area contributed by atoms with Crippen LogP contribution in [-0.4, -0.2) is 59.2 Å². The fraction of sp³-hybridized carbons (Fsp3) is 0.400. The number of rotatable bonds is 4. The van der Waals surface area contributed by atoms with E-state index in [9.17, 15) is 14.5 Å². The molecule has 2 heterocycles. The van der Waals surface area contributed by atoms with E-state index in [1.807, 2.05) is 4.90 Å². The molecule has 2 aromatic rings. The van der Waals surface area contributed by atoms with E-state index < -0.39 is 10.7 Å². The molecule has 1 saturated heterocycles. The number of anilines is 1. The summed E-state index contributed by atoms with van der Waals surface area (Å²) in [5, 5.41) is 21.1. The number of nitro groups is 1.